The number of benzene rings is 1. The summed E-state index contributed by atoms with van der Waals surface area (Å²) in [5.74, 6) is 0.890. The highest BCUT2D eigenvalue weighted by Gasteiger charge is 2.34. The number of piperazine rings is 1. The zero-order valence-corrected chi connectivity index (χ0v) is 12.5. The minimum Gasteiger partial charge on any atom is -0.497 e. The van der Waals surface area contributed by atoms with Gasteiger partial charge in [0, 0.05) is 37.4 Å². The molecule has 2 atom stereocenters. The van der Waals surface area contributed by atoms with E-state index in [9.17, 15) is 0 Å². The summed E-state index contributed by atoms with van der Waals surface area (Å²) in [7, 11) is 1.70. The standard InChI is InChI=1S/C16H25N3O/c1-12-9-18-7-3-4-14(18)11-19(12)10-13-8-15(20-2)5-6-16(13)17/h5-6,8,12,14H,3-4,7,9-11,17H2,1-2H3. The number of rotatable bonds is 3. The highest BCUT2D eigenvalue weighted by molar-refractivity contribution is 5.50. The molecule has 2 N–H and O–H groups in total. The number of hydrogen-bond donors (Lipinski definition) is 1. The maximum absolute atomic E-state index is 6.12. The number of nitrogen functional groups attached to an aromatic ring is 1. The Morgan fingerprint density at radius 2 is 2.20 bits per heavy atom. The molecule has 4 nitrogen and oxygen atoms in total. The van der Waals surface area contributed by atoms with Crippen LogP contribution >= 0.6 is 0 Å². The number of methoxy groups -OCH3 is 1. The first-order valence-corrected chi connectivity index (χ1v) is 7.58. The smallest absolute Gasteiger partial charge is 0.119 e. The molecule has 0 aliphatic carbocycles. The molecule has 1 aromatic rings. The minimum atomic E-state index is 0.593. The molecule has 0 amide bonds. The Morgan fingerprint density at radius 3 is 3.00 bits per heavy atom. The predicted octanol–water partition coefficient (Wildman–Crippen LogP) is 1.95. The molecule has 2 heterocycles. The van der Waals surface area contributed by atoms with Crippen LogP contribution in [0.2, 0.25) is 0 Å². The van der Waals surface area contributed by atoms with Gasteiger partial charge in [-0.25, -0.2) is 0 Å². The van der Waals surface area contributed by atoms with Crippen molar-refractivity contribution >= 4 is 5.69 Å². The molecule has 1 aromatic carbocycles. The van der Waals surface area contributed by atoms with Crippen molar-refractivity contribution in [1.29, 1.82) is 0 Å². The second-order valence-corrected chi connectivity index (χ2v) is 6.13. The van der Waals surface area contributed by atoms with Crippen LogP contribution in [0.4, 0.5) is 5.69 Å². The van der Waals surface area contributed by atoms with Gasteiger partial charge in [0.05, 0.1) is 7.11 Å². The summed E-state index contributed by atoms with van der Waals surface area (Å²) < 4.78 is 5.31. The van der Waals surface area contributed by atoms with E-state index in [0.29, 0.717) is 6.04 Å². The molecule has 20 heavy (non-hydrogen) atoms. The van der Waals surface area contributed by atoms with Crippen molar-refractivity contribution in [3.63, 3.8) is 0 Å². The monoisotopic (exact) mass is 275 g/mol. The molecule has 2 aliphatic rings. The lowest BCUT2D eigenvalue weighted by Gasteiger charge is -2.42. The highest BCUT2D eigenvalue weighted by atomic mass is 16.5. The number of hydrogen-bond acceptors (Lipinski definition) is 4. The van der Waals surface area contributed by atoms with Gasteiger partial charge in [-0.2, -0.15) is 0 Å². The second kappa shape index (κ2) is 5.62. The van der Waals surface area contributed by atoms with E-state index in [0.717, 1.165) is 30.6 Å². The Labute approximate surface area is 121 Å². The molecule has 110 valence electrons. The topological polar surface area (TPSA) is 41.7 Å². The summed E-state index contributed by atoms with van der Waals surface area (Å²) in [4.78, 5) is 5.22. The molecule has 0 bridgehead atoms. The molecule has 0 saturated carbocycles. The second-order valence-electron chi connectivity index (χ2n) is 6.13. The number of nitrogens with zero attached hydrogens (tertiary/aromatic N) is 2. The molecule has 0 aromatic heterocycles. The van der Waals surface area contributed by atoms with Crippen LogP contribution < -0.4 is 10.5 Å². The van der Waals surface area contributed by atoms with Gasteiger partial charge < -0.3 is 10.5 Å². The van der Waals surface area contributed by atoms with Crippen LogP contribution in [0.5, 0.6) is 5.75 Å². The van der Waals surface area contributed by atoms with Gasteiger partial charge in [-0.3, -0.25) is 9.80 Å². The molecule has 3 rings (SSSR count). The van der Waals surface area contributed by atoms with Crippen molar-refractivity contribution in [3.05, 3.63) is 23.8 Å². The lowest BCUT2D eigenvalue weighted by atomic mass is 10.1. The molecule has 0 radical (unpaired) electrons. The summed E-state index contributed by atoms with van der Waals surface area (Å²) in [6.07, 6.45) is 2.70. The van der Waals surface area contributed by atoms with Crippen LogP contribution in [0, 0.1) is 0 Å². The number of anilines is 1. The zero-order valence-electron chi connectivity index (χ0n) is 12.5. The Morgan fingerprint density at radius 1 is 1.35 bits per heavy atom. The Bertz CT molecular complexity index is 477. The first kappa shape index (κ1) is 13.7. The Hall–Kier alpha value is -1.26. The first-order chi connectivity index (χ1) is 9.67. The van der Waals surface area contributed by atoms with Gasteiger partial charge in [0.1, 0.15) is 5.75 Å². The van der Waals surface area contributed by atoms with Gasteiger partial charge in [-0.1, -0.05) is 0 Å². The maximum atomic E-state index is 6.12. The van der Waals surface area contributed by atoms with Crippen molar-refractivity contribution in [2.24, 2.45) is 0 Å². The minimum absolute atomic E-state index is 0.593. The van der Waals surface area contributed by atoms with E-state index in [4.69, 9.17) is 10.5 Å². The van der Waals surface area contributed by atoms with E-state index >= 15 is 0 Å². The van der Waals surface area contributed by atoms with Gasteiger partial charge >= 0.3 is 0 Å². The number of fused-ring (bicyclic) bond motifs is 1. The van der Waals surface area contributed by atoms with Crippen molar-refractivity contribution in [1.82, 2.24) is 9.80 Å². The lowest BCUT2D eigenvalue weighted by Crippen LogP contribution is -2.54. The fraction of sp³-hybridized carbons (Fsp3) is 0.625. The number of ether oxygens (including phenoxy) is 1. The largest absolute Gasteiger partial charge is 0.497 e. The van der Waals surface area contributed by atoms with Crippen LogP contribution in [0.3, 0.4) is 0 Å². The summed E-state index contributed by atoms with van der Waals surface area (Å²) in [6, 6.07) is 7.29. The third-order valence-electron chi connectivity index (χ3n) is 4.79. The van der Waals surface area contributed by atoms with Crippen molar-refractivity contribution in [3.8, 4) is 5.75 Å². The van der Waals surface area contributed by atoms with Crippen molar-refractivity contribution in [2.75, 3.05) is 32.5 Å². The Balaban J connectivity index is 1.73. The van der Waals surface area contributed by atoms with Gasteiger partial charge in [-0.15, -0.1) is 0 Å². The normalized spacial score (nSPS) is 27.5. The lowest BCUT2D eigenvalue weighted by molar-refractivity contribution is 0.0541. The van der Waals surface area contributed by atoms with Crippen LogP contribution in [0.1, 0.15) is 25.3 Å². The molecule has 2 aliphatic heterocycles. The summed E-state index contributed by atoms with van der Waals surface area (Å²) >= 11 is 0. The molecule has 4 heteroatoms. The van der Waals surface area contributed by atoms with Gasteiger partial charge in [0.2, 0.25) is 0 Å². The van der Waals surface area contributed by atoms with Gasteiger partial charge in [-0.05, 0) is 50.1 Å². The van der Waals surface area contributed by atoms with Gasteiger partial charge in [0.25, 0.3) is 0 Å². The first-order valence-electron chi connectivity index (χ1n) is 7.58. The zero-order chi connectivity index (χ0) is 14.1. The quantitative estimate of drug-likeness (QED) is 0.856. The van der Waals surface area contributed by atoms with E-state index < -0.39 is 0 Å². The average molecular weight is 275 g/mol. The van der Waals surface area contributed by atoms with Crippen LogP contribution in [0.25, 0.3) is 0 Å². The van der Waals surface area contributed by atoms with Gasteiger partial charge in [0.15, 0.2) is 0 Å². The summed E-state index contributed by atoms with van der Waals surface area (Å²) in [5.41, 5.74) is 8.17. The molecule has 2 saturated heterocycles. The van der Waals surface area contributed by atoms with E-state index in [-0.39, 0.29) is 0 Å². The fourth-order valence-electron chi connectivity index (χ4n) is 3.53. The van der Waals surface area contributed by atoms with E-state index in [2.05, 4.69) is 22.8 Å². The summed E-state index contributed by atoms with van der Waals surface area (Å²) in [6.45, 7) is 6.88. The molecule has 0 spiro atoms. The third-order valence-corrected chi connectivity index (χ3v) is 4.79. The van der Waals surface area contributed by atoms with Crippen LogP contribution in [-0.2, 0) is 6.54 Å². The van der Waals surface area contributed by atoms with Crippen molar-refractivity contribution in [2.45, 2.75) is 38.4 Å². The van der Waals surface area contributed by atoms with Crippen LogP contribution in [-0.4, -0.2) is 48.6 Å². The van der Waals surface area contributed by atoms with Crippen molar-refractivity contribution < 1.29 is 4.74 Å². The third kappa shape index (κ3) is 2.63. The van der Waals surface area contributed by atoms with E-state index in [1.54, 1.807) is 7.11 Å². The predicted molar refractivity (Wildman–Crippen MR) is 81.9 cm³/mol. The number of nitrogens with two attached hydrogens (primary N) is 1. The van der Waals surface area contributed by atoms with E-state index in [1.165, 1.54) is 31.5 Å². The molecule has 2 fully saturated rings. The maximum Gasteiger partial charge on any atom is 0.119 e. The van der Waals surface area contributed by atoms with E-state index in [1.807, 2.05) is 12.1 Å². The van der Waals surface area contributed by atoms with Crippen LogP contribution in [0.15, 0.2) is 18.2 Å². The Kier molecular flexibility index (Phi) is 3.85. The average Bonchev–Trinajstić information content (AvgIpc) is 2.88. The molecular formula is C16H25N3O. The SMILES string of the molecule is COc1ccc(N)c(CN2CC3CCCN3CC2C)c1. The molecule has 2 unspecified atom stereocenters. The fourth-order valence-corrected chi connectivity index (χ4v) is 3.53. The molecular weight excluding hydrogens is 250 g/mol. The highest BCUT2D eigenvalue weighted by Crippen LogP contribution is 2.27. The summed E-state index contributed by atoms with van der Waals surface area (Å²) in [5, 5.41) is 0.